The molecule has 0 aromatic heterocycles. The van der Waals surface area contributed by atoms with Crippen LogP contribution in [0.2, 0.25) is 0 Å². The van der Waals surface area contributed by atoms with Crippen molar-refractivity contribution in [3.05, 3.63) is 0 Å². The summed E-state index contributed by atoms with van der Waals surface area (Å²) in [6, 6.07) is -0.0463. The number of carbonyl (C=O) groups excluding carboxylic acids is 1. The Labute approximate surface area is 94.0 Å². The smallest absolute Gasteiger partial charge is 0.239 e. The molecular weight excluding hydrogens is 188 g/mol. The Morgan fingerprint density at radius 3 is 2.27 bits per heavy atom. The Hall–Kier alpha value is -0.570. The molecule has 0 fully saturated rings. The third-order valence-electron chi connectivity index (χ3n) is 2.74. The van der Waals surface area contributed by atoms with Gasteiger partial charge in [-0.1, -0.05) is 27.2 Å². The lowest BCUT2D eigenvalue weighted by Crippen LogP contribution is -2.45. The molecule has 3 nitrogen and oxygen atoms in total. The molecule has 0 aliphatic carbocycles. The summed E-state index contributed by atoms with van der Waals surface area (Å²) in [7, 11) is 1.85. The minimum Gasteiger partial charge on any atom is -0.342 e. The van der Waals surface area contributed by atoms with Crippen molar-refractivity contribution in [2.24, 2.45) is 11.7 Å². The van der Waals surface area contributed by atoms with Gasteiger partial charge in [-0.05, 0) is 25.7 Å². The summed E-state index contributed by atoms with van der Waals surface area (Å²) in [5, 5.41) is 0. The lowest BCUT2D eigenvalue weighted by Gasteiger charge is -2.28. The number of nitrogens with zero attached hydrogens (tertiary/aromatic N) is 1. The molecule has 90 valence electrons. The van der Waals surface area contributed by atoms with E-state index in [9.17, 15) is 4.79 Å². The van der Waals surface area contributed by atoms with Gasteiger partial charge in [0.05, 0.1) is 6.04 Å². The summed E-state index contributed by atoms with van der Waals surface area (Å²) >= 11 is 0. The average molecular weight is 214 g/mol. The fraction of sp³-hybridized carbons (Fsp3) is 0.917. The third kappa shape index (κ3) is 5.17. The molecule has 0 heterocycles. The Morgan fingerprint density at radius 1 is 1.33 bits per heavy atom. The van der Waals surface area contributed by atoms with Gasteiger partial charge in [-0.3, -0.25) is 4.79 Å². The van der Waals surface area contributed by atoms with Crippen molar-refractivity contribution in [1.29, 1.82) is 0 Å². The van der Waals surface area contributed by atoms with Crippen LogP contribution in [-0.2, 0) is 4.79 Å². The zero-order chi connectivity index (χ0) is 12.0. The van der Waals surface area contributed by atoms with Gasteiger partial charge in [-0.25, -0.2) is 0 Å². The zero-order valence-corrected chi connectivity index (χ0v) is 10.8. The summed E-state index contributed by atoms with van der Waals surface area (Å²) < 4.78 is 0. The summed E-state index contributed by atoms with van der Waals surface area (Å²) in [6.07, 6.45) is 2.76. The van der Waals surface area contributed by atoms with E-state index >= 15 is 0 Å². The fourth-order valence-corrected chi connectivity index (χ4v) is 1.75. The molecule has 0 aliphatic heterocycles. The van der Waals surface area contributed by atoms with Crippen molar-refractivity contribution < 1.29 is 4.79 Å². The second-order valence-electron chi connectivity index (χ2n) is 4.82. The molecule has 1 amide bonds. The largest absolute Gasteiger partial charge is 0.342 e. The molecule has 0 saturated heterocycles. The van der Waals surface area contributed by atoms with Crippen LogP contribution >= 0.6 is 0 Å². The van der Waals surface area contributed by atoms with E-state index in [1.54, 1.807) is 4.90 Å². The minimum absolute atomic E-state index is 0.0741. The molecule has 0 aliphatic rings. The van der Waals surface area contributed by atoms with E-state index in [0.717, 1.165) is 19.3 Å². The fourth-order valence-electron chi connectivity index (χ4n) is 1.75. The van der Waals surface area contributed by atoms with Crippen molar-refractivity contribution >= 4 is 5.91 Å². The second-order valence-corrected chi connectivity index (χ2v) is 4.82. The zero-order valence-electron chi connectivity index (χ0n) is 10.8. The van der Waals surface area contributed by atoms with Crippen LogP contribution in [0.25, 0.3) is 0 Å². The van der Waals surface area contributed by atoms with Gasteiger partial charge in [-0.15, -0.1) is 0 Å². The van der Waals surface area contributed by atoms with Crippen LogP contribution in [0.5, 0.6) is 0 Å². The van der Waals surface area contributed by atoms with Gasteiger partial charge in [-0.2, -0.15) is 0 Å². The monoisotopic (exact) mass is 214 g/mol. The normalized spacial score (nSPS) is 15.1. The molecule has 0 aromatic carbocycles. The molecule has 0 bridgehead atoms. The topological polar surface area (TPSA) is 46.3 Å². The molecule has 0 spiro atoms. The van der Waals surface area contributed by atoms with E-state index in [-0.39, 0.29) is 18.0 Å². The van der Waals surface area contributed by atoms with E-state index in [1.165, 1.54) is 0 Å². The summed E-state index contributed by atoms with van der Waals surface area (Å²) in [5.41, 5.74) is 5.81. The van der Waals surface area contributed by atoms with Crippen molar-refractivity contribution in [3.63, 3.8) is 0 Å². The highest BCUT2D eigenvalue weighted by Crippen LogP contribution is 2.11. The van der Waals surface area contributed by atoms with E-state index in [2.05, 4.69) is 20.8 Å². The van der Waals surface area contributed by atoms with Gasteiger partial charge >= 0.3 is 0 Å². The van der Waals surface area contributed by atoms with E-state index in [4.69, 9.17) is 5.73 Å². The van der Waals surface area contributed by atoms with Gasteiger partial charge in [0, 0.05) is 13.1 Å². The third-order valence-corrected chi connectivity index (χ3v) is 2.74. The van der Waals surface area contributed by atoms with Crippen molar-refractivity contribution in [2.45, 2.75) is 59.0 Å². The van der Waals surface area contributed by atoms with Crippen LogP contribution in [0, 0.1) is 5.92 Å². The number of likely N-dealkylation sites (N-methyl/N-ethyl adjacent to an activating group) is 1. The van der Waals surface area contributed by atoms with Crippen molar-refractivity contribution in [2.75, 3.05) is 7.05 Å². The standard InChI is InChI=1S/C12H26N2O/c1-6-7-11(13)12(15)14(5)10(4)8-9(2)3/h9-11H,6-8,13H2,1-5H3. The first-order chi connectivity index (χ1) is 6.90. The van der Waals surface area contributed by atoms with Crippen molar-refractivity contribution in [1.82, 2.24) is 4.90 Å². The van der Waals surface area contributed by atoms with E-state index in [1.807, 2.05) is 14.0 Å². The van der Waals surface area contributed by atoms with Crippen LogP contribution in [0.1, 0.15) is 47.0 Å². The molecule has 2 unspecified atom stereocenters. The van der Waals surface area contributed by atoms with Crippen LogP contribution in [-0.4, -0.2) is 29.9 Å². The Morgan fingerprint density at radius 2 is 1.87 bits per heavy atom. The number of carbonyl (C=O) groups is 1. The van der Waals surface area contributed by atoms with Gasteiger partial charge in [0.25, 0.3) is 0 Å². The Kier molecular flexibility index (Phi) is 6.57. The second kappa shape index (κ2) is 6.83. The Bertz CT molecular complexity index is 192. The number of amides is 1. The molecule has 0 aromatic rings. The summed E-state index contributed by atoms with van der Waals surface area (Å²) in [6.45, 7) is 8.46. The molecular formula is C12H26N2O. The number of hydrogen-bond donors (Lipinski definition) is 1. The molecule has 0 saturated carbocycles. The molecule has 15 heavy (non-hydrogen) atoms. The Balaban J connectivity index is 4.17. The van der Waals surface area contributed by atoms with Crippen LogP contribution < -0.4 is 5.73 Å². The molecule has 0 radical (unpaired) electrons. The molecule has 3 heteroatoms. The van der Waals surface area contributed by atoms with Gasteiger partial charge in [0.1, 0.15) is 0 Å². The maximum atomic E-state index is 11.9. The highest BCUT2D eigenvalue weighted by atomic mass is 16.2. The first-order valence-electron chi connectivity index (χ1n) is 5.92. The lowest BCUT2D eigenvalue weighted by molar-refractivity contribution is -0.133. The summed E-state index contributed by atoms with van der Waals surface area (Å²) in [5.74, 6) is 0.683. The lowest BCUT2D eigenvalue weighted by atomic mass is 10.0. The first kappa shape index (κ1) is 14.4. The van der Waals surface area contributed by atoms with Gasteiger partial charge in [0.15, 0.2) is 0 Å². The van der Waals surface area contributed by atoms with E-state index < -0.39 is 0 Å². The maximum absolute atomic E-state index is 11.9. The predicted molar refractivity (Wildman–Crippen MR) is 64.6 cm³/mol. The van der Waals surface area contributed by atoms with Crippen LogP contribution in [0.15, 0.2) is 0 Å². The van der Waals surface area contributed by atoms with E-state index in [0.29, 0.717) is 5.92 Å². The highest BCUT2D eigenvalue weighted by Gasteiger charge is 2.21. The average Bonchev–Trinajstić information content (AvgIpc) is 2.14. The van der Waals surface area contributed by atoms with Gasteiger partial charge < -0.3 is 10.6 Å². The van der Waals surface area contributed by atoms with Crippen molar-refractivity contribution in [3.8, 4) is 0 Å². The number of hydrogen-bond acceptors (Lipinski definition) is 2. The first-order valence-corrected chi connectivity index (χ1v) is 5.92. The quantitative estimate of drug-likeness (QED) is 0.735. The minimum atomic E-state index is -0.324. The molecule has 2 atom stereocenters. The van der Waals surface area contributed by atoms with Crippen LogP contribution in [0.4, 0.5) is 0 Å². The number of nitrogens with two attached hydrogens (primary N) is 1. The number of rotatable bonds is 6. The van der Waals surface area contributed by atoms with Gasteiger partial charge in [0.2, 0.25) is 5.91 Å². The van der Waals surface area contributed by atoms with Crippen LogP contribution in [0.3, 0.4) is 0 Å². The highest BCUT2D eigenvalue weighted by molar-refractivity contribution is 5.81. The SMILES string of the molecule is CCCC(N)C(=O)N(C)C(C)CC(C)C. The maximum Gasteiger partial charge on any atom is 0.239 e. The predicted octanol–water partition coefficient (Wildman–Crippen LogP) is 2.01. The molecule has 0 rings (SSSR count). The summed E-state index contributed by atoms with van der Waals surface area (Å²) in [4.78, 5) is 13.6. The molecule has 2 N–H and O–H groups in total.